The topological polar surface area (TPSA) is 52.6 Å². The van der Waals surface area contributed by atoms with Crippen molar-refractivity contribution in [3.8, 4) is 0 Å². The summed E-state index contributed by atoms with van der Waals surface area (Å²) in [5.41, 5.74) is 0. The number of alkyl halides is 2. The van der Waals surface area contributed by atoms with Gasteiger partial charge in [0, 0.05) is 6.42 Å². The lowest BCUT2D eigenvalue weighted by atomic mass is 10.1. The largest absolute Gasteiger partial charge is 0.338 e. The first-order valence-electron chi connectivity index (χ1n) is 6.32. The predicted molar refractivity (Wildman–Crippen MR) is 74.3 cm³/mol. The molecular weight excluding hydrogens is 289 g/mol. The van der Waals surface area contributed by atoms with Crippen LogP contribution in [0.15, 0.2) is 25.3 Å². The quantitative estimate of drug-likeness (QED) is 0.404. The first kappa shape index (κ1) is 19.2. The van der Waals surface area contributed by atoms with Gasteiger partial charge in [0.1, 0.15) is 6.16 Å². The number of ketones is 1. The number of carbonyl (C=O) groups excluding carboxylic acids is 1. The molecule has 0 aromatic heterocycles. The Kier molecular flexibility index (Phi) is 8.78. The van der Waals surface area contributed by atoms with Crippen molar-refractivity contribution in [1.29, 1.82) is 0 Å². The molecular formula is C13H21F2O4P. The summed E-state index contributed by atoms with van der Waals surface area (Å²) in [6.45, 7) is 8.16. The molecule has 0 aliphatic carbocycles. The van der Waals surface area contributed by atoms with Crippen molar-refractivity contribution in [3.05, 3.63) is 25.3 Å². The van der Waals surface area contributed by atoms with E-state index in [4.69, 9.17) is 9.05 Å². The fourth-order valence-corrected chi connectivity index (χ4v) is 2.80. The molecule has 0 amide bonds. The van der Waals surface area contributed by atoms with Gasteiger partial charge in [0.15, 0.2) is 0 Å². The van der Waals surface area contributed by atoms with Crippen molar-refractivity contribution in [2.24, 2.45) is 0 Å². The van der Waals surface area contributed by atoms with Gasteiger partial charge in [-0.2, -0.15) is 8.78 Å². The minimum atomic E-state index is -3.91. The number of rotatable bonds is 12. The molecule has 20 heavy (non-hydrogen) atoms. The van der Waals surface area contributed by atoms with Crippen LogP contribution in [0, 0.1) is 0 Å². The highest BCUT2D eigenvalue weighted by Crippen LogP contribution is 2.49. The van der Waals surface area contributed by atoms with Gasteiger partial charge in [0.25, 0.3) is 0 Å². The van der Waals surface area contributed by atoms with Gasteiger partial charge in [-0.25, -0.2) is 0 Å². The lowest BCUT2D eigenvalue weighted by Crippen LogP contribution is -2.31. The third-order valence-corrected chi connectivity index (χ3v) is 4.13. The Bertz CT molecular complexity index is 367. The van der Waals surface area contributed by atoms with Gasteiger partial charge < -0.3 is 9.05 Å². The monoisotopic (exact) mass is 310 g/mol. The van der Waals surface area contributed by atoms with Crippen LogP contribution >= 0.6 is 7.60 Å². The molecule has 116 valence electrons. The van der Waals surface area contributed by atoms with Crippen LogP contribution in [0.2, 0.25) is 0 Å². The van der Waals surface area contributed by atoms with E-state index in [0.717, 1.165) is 0 Å². The summed E-state index contributed by atoms with van der Waals surface area (Å²) in [5, 5.41) is 0. The Morgan fingerprint density at radius 1 is 1.25 bits per heavy atom. The van der Waals surface area contributed by atoms with Crippen LogP contribution in [0.4, 0.5) is 8.78 Å². The highest BCUT2D eigenvalue weighted by Gasteiger charge is 2.42. The average Bonchev–Trinajstić information content (AvgIpc) is 2.41. The minimum absolute atomic E-state index is 0.151. The molecule has 0 saturated heterocycles. The summed E-state index contributed by atoms with van der Waals surface area (Å²) in [7, 11) is -3.91. The molecule has 0 saturated carbocycles. The summed E-state index contributed by atoms with van der Waals surface area (Å²) in [6, 6.07) is 0. The second-order valence-corrected chi connectivity index (χ2v) is 6.22. The van der Waals surface area contributed by atoms with E-state index >= 15 is 0 Å². The second kappa shape index (κ2) is 9.16. The van der Waals surface area contributed by atoms with E-state index in [9.17, 15) is 18.1 Å². The fourth-order valence-electron chi connectivity index (χ4n) is 1.29. The predicted octanol–water partition coefficient (Wildman–Crippen LogP) is 3.98. The van der Waals surface area contributed by atoms with Crippen molar-refractivity contribution >= 4 is 13.4 Å². The van der Waals surface area contributed by atoms with Gasteiger partial charge >= 0.3 is 13.5 Å². The Hall–Kier alpha value is -0.840. The molecule has 0 N–H and O–H groups in total. The summed E-state index contributed by atoms with van der Waals surface area (Å²) in [4.78, 5) is 11.6. The molecule has 0 atom stereocenters. The maximum absolute atomic E-state index is 13.6. The molecule has 0 spiro atoms. The lowest BCUT2D eigenvalue weighted by Gasteiger charge is -2.20. The van der Waals surface area contributed by atoms with E-state index in [2.05, 4.69) is 13.2 Å². The van der Waals surface area contributed by atoms with Gasteiger partial charge in [0.05, 0.1) is 13.2 Å². The van der Waals surface area contributed by atoms with E-state index in [1.165, 1.54) is 12.2 Å². The summed E-state index contributed by atoms with van der Waals surface area (Å²) < 4.78 is 49.0. The Morgan fingerprint density at radius 2 is 1.75 bits per heavy atom. The smallest absolute Gasteiger partial charge is 0.304 e. The van der Waals surface area contributed by atoms with E-state index < -0.39 is 31.9 Å². The Balaban J connectivity index is 4.78. The van der Waals surface area contributed by atoms with Crippen molar-refractivity contribution in [2.45, 2.75) is 32.1 Å². The van der Waals surface area contributed by atoms with Crippen LogP contribution < -0.4 is 0 Å². The van der Waals surface area contributed by atoms with Crippen LogP contribution in [-0.4, -0.2) is 31.1 Å². The number of Topliss-reactive ketones (excluding diaryl/α,β-unsaturated/α-hetero) is 1. The van der Waals surface area contributed by atoms with Gasteiger partial charge in [-0.3, -0.25) is 9.36 Å². The third kappa shape index (κ3) is 7.08. The van der Waals surface area contributed by atoms with E-state index in [1.807, 2.05) is 0 Å². The van der Waals surface area contributed by atoms with Crippen molar-refractivity contribution in [1.82, 2.24) is 0 Å². The number of carbonyl (C=O) groups is 1. The SMILES string of the molecule is C=CCOP(=O)(CC(=O)C(F)(F)CCCC)OCC=C. The van der Waals surface area contributed by atoms with Crippen molar-refractivity contribution in [2.75, 3.05) is 19.4 Å². The molecule has 0 heterocycles. The Morgan fingerprint density at radius 3 is 2.15 bits per heavy atom. The molecule has 0 fully saturated rings. The minimum Gasteiger partial charge on any atom is -0.304 e. The summed E-state index contributed by atoms with van der Waals surface area (Å²) in [5.74, 6) is -4.94. The number of halogens is 2. The first-order chi connectivity index (χ1) is 9.31. The highest BCUT2D eigenvalue weighted by atomic mass is 31.2. The zero-order chi connectivity index (χ0) is 15.6. The molecule has 0 bridgehead atoms. The molecule has 0 rings (SSSR count). The van der Waals surface area contributed by atoms with Gasteiger partial charge in [-0.05, 0) is 6.42 Å². The highest BCUT2D eigenvalue weighted by molar-refractivity contribution is 7.54. The maximum atomic E-state index is 13.6. The van der Waals surface area contributed by atoms with Crippen molar-refractivity contribution < 1.29 is 27.2 Å². The second-order valence-electron chi connectivity index (χ2n) is 4.17. The molecule has 7 heteroatoms. The standard InChI is InChI=1S/C13H21F2O4P/c1-4-7-8-13(14,15)12(16)11-20(17,18-9-5-2)19-10-6-3/h5-6H,2-4,7-11H2,1H3. The third-order valence-electron chi connectivity index (χ3n) is 2.37. The lowest BCUT2D eigenvalue weighted by molar-refractivity contribution is -0.141. The maximum Gasteiger partial charge on any atom is 0.338 e. The summed E-state index contributed by atoms with van der Waals surface area (Å²) in [6.07, 6.45) is 1.83. The van der Waals surface area contributed by atoms with Crippen LogP contribution in [-0.2, 0) is 18.4 Å². The first-order valence-corrected chi connectivity index (χ1v) is 8.05. The number of unbranched alkanes of at least 4 members (excludes halogenated alkanes) is 1. The molecule has 4 nitrogen and oxygen atoms in total. The van der Waals surface area contributed by atoms with Gasteiger partial charge in [0.2, 0.25) is 5.78 Å². The van der Waals surface area contributed by atoms with Crippen LogP contribution in [0.25, 0.3) is 0 Å². The Labute approximate surface area is 118 Å². The van der Waals surface area contributed by atoms with Crippen LogP contribution in [0.3, 0.4) is 0 Å². The van der Waals surface area contributed by atoms with Gasteiger partial charge in [-0.15, -0.1) is 13.2 Å². The zero-order valence-corrected chi connectivity index (χ0v) is 12.5. The fraction of sp³-hybridized carbons (Fsp3) is 0.615. The van der Waals surface area contributed by atoms with E-state index in [0.29, 0.717) is 6.42 Å². The molecule has 0 radical (unpaired) electrons. The zero-order valence-electron chi connectivity index (χ0n) is 11.6. The van der Waals surface area contributed by atoms with Crippen LogP contribution in [0.1, 0.15) is 26.2 Å². The summed E-state index contributed by atoms with van der Waals surface area (Å²) >= 11 is 0. The van der Waals surface area contributed by atoms with E-state index in [1.54, 1.807) is 6.92 Å². The number of hydrogen-bond donors (Lipinski definition) is 0. The molecule has 0 aromatic rings. The van der Waals surface area contributed by atoms with Gasteiger partial charge in [-0.1, -0.05) is 25.5 Å². The molecule has 0 unspecified atom stereocenters. The van der Waals surface area contributed by atoms with Crippen molar-refractivity contribution in [3.63, 3.8) is 0 Å². The molecule has 0 aromatic carbocycles. The average molecular weight is 310 g/mol. The number of hydrogen-bond acceptors (Lipinski definition) is 4. The normalized spacial score (nSPS) is 12.2. The van der Waals surface area contributed by atoms with E-state index in [-0.39, 0.29) is 19.6 Å². The van der Waals surface area contributed by atoms with Crippen LogP contribution in [0.5, 0.6) is 0 Å². The molecule has 0 aliphatic rings. The molecule has 0 aliphatic heterocycles.